The van der Waals surface area contributed by atoms with Crippen LogP contribution in [0.2, 0.25) is 0 Å². The minimum Gasteiger partial charge on any atom is -0.493 e. The number of carbonyl (C=O) groups excluding carboxylic acids is 3. The maximum Gasteiger partial charge on any atom is 0.321 e. The van der Waals surface area contributed by atoms with Gasteiger partial charge < -0.3 is 24.3 Å². The maximum atomic E-state index is 12.3. The van der Waals surface area contributed by atoms with Gasteiger partial charge in [0.05, 0.1) is 27.8 Å². The van der Waals surface area contributed by atoms with E-state index in [1.54, 1.807) is 12.1 Å². The van der Waals surface area contributed by atoms with Gasteiger partial charge in [0.1, 0.15) is 0 Å². The van der Waals surface area contributed by atoms with Crippen molar-refractivity contribution in [2.75, 3.05) is 21.3 Å². The molecule has 1 aliphatic carbocycles. The van der Waals surface area contributed by atoms with Gasteiger partial charge in [-0.3, -0.25) is 14.9 Å². The zero-order valence-electron chi connectivity index (χ0n) is 17.9. The molecule has 3 amide bonds. The SMILES string of the molecule is COc1cc(CC(=O)O[C@H](C)C(=O)NC(=O)NC2CCCCC2)cc(OC)c1OC. The van der Waals surface area contributed by atoms with Crippen LogP contribution in [0.25, 0.3) is 0 Å². The molecule has 2 N–H and O–H groups in total. The number of ether oxygens (including phenoxy) is 4. The van der Waals surface area contributed by atoms with E-state index in [2.05, 4.69) is 10.6 Å². The molecule has 0 saturated heterocycles. The van der Waals surface area contributed by atoms with Gasteiger partial charge in [-0.1, -0.05) is 19.3 Å². The third-order valence-corrected chi connectivity index (χ3v) is 4.93. The predicted molar refractivity (Wildman–Crippen MR) is 109 cm³/mol. The van der Waals surface area contributed by atoms with E-state index in [1.807, 2.05) is 0 Å². The average molecular weight is 422 g/mol. The van der Waals surface area contributed by atoms with Gasteiger partial charge in [0.2, 0.25) is 5.75 Å². The number of carbonyl (C=O) groups is 3. The average Bonchev–Trinajstić information content (AvgIpc) is 2.73. The molecular weight excluding hydrogens is 392 g/mol. The van der Waals surface area contributed by atoms with E-state index in [0.29, 0.717) is 22.8 Å². The highest BCUT2D eigenvalue weighted by molar-refractivity contribution is 5.97. The van der Waals surface area contributed by atoms with Crippen LogP contribution >= 0.6 is 0 Å². The minimum absolute atomic E-state index is 0.0736. The van der Waals surface area contributed by atoms with Crippen molar-refractivity contribution in [1.29, 1.82) is 0 Å². The first-order chi connectivity index (χ1) is 14.4. The fourth-order valence-electron chi connectivity index (χ4n) is 3.38. The quantitative estimate of drug-likeness (QED) is 0.619. The number of esters is 1. The Hall–Kier alpha value is -2.97. The van der Waals surface area contributed by atoms with Gasteiger partial charge in [0, 0.05) is 6.04 Å². The Morgan fingerprint density at radius 1 is 1.00 bits per heavy atom. The Kier molecular flexibility index (Phi) is 8.76. The molecular formula is C21H30N2O7. The number of methoxy groups -OCH3 is 3. The first-order valence-corrected chi connectivity index (χ1v) is 9.97. The lowest BCUT2D eigenvalue weighted by Crippen LogP contribution is -2.48. The molecule has 166 valence electrons. The molecule has 1 aliphatic rings. The van der Waals surface area contributed by atoms with Gasteiger partial charge in [-0.15, -0.1) is 0 Å². The zero-order chi connectivity index (χ0) is 22.1. The van der Waals surface area contributed by atoms with E-state index in [4.69, 9.17) is 18.9 Å². The Morgan fingerprint density at radius 2 is 1.60 bits per heavy atom. The van der Waals surface area contributed by atoms with Gasteiger partial charge in [0.25, 0.3) is 5.91 Å². The molecule has 1 fully saturated rings. The van der Waals surface area contributed by atoms with Crippen molar-refractivity contribution in [2.45, 2.75) is 57.6 Å². The van der Waals surface area contributed by atoms with Gasteiger partial charge in [0.15, 0.2) is 17.6 Å². The highest BCUT2D eigenvalue weighted by Crippen LogP contribution is 2.38. The minimum atomic E-state index is -1.11. The fraction of sp³-hybridized carbons (Fsp3) is 0.571. The van der Waals surface area contributed by atoms with E-state index in [9.17, 15) is 14.4 Å². The van der Waals surface area contributed by atoms with Crippen LogP contribution in [-0.2, 0) is 20.7 Å². The van der Waals surface area contributed by atoms with Crippen molar-refractivity contribution in [1.82, 2.24) is 10.6 Å². The summed E-state index contributed by atoms with van der Waals surface area (Å²) in [4.78, 5) is 36.4. The molecule has 0 unspecified atom stereocenters. The monoisotopic (exact) mass is 422 g/mol. The lowest BCUT2D eigenvalue weighted by molar-refractivity contribution is -0.153. The third kappa shape index (κ3) is 6.53. The lowest BCUT2D eigenvalue weighted by Gasteiger charge is -2.23. The molecule has 9 nitrogen and oxygen atoms in total. The van der Waals surface area contributed by atoms with Crippen molar-refractivity contribution in [3.8, 4) is 17.2 Å². The summed E-state index contributed by atoms with van der Waals surface area (Å²) in [5.74, 6) is -0.0790. The maximum absolute atomic E-state index is 12.3. The molecule has 0 heterocycles. The van der Waals surface area contributed by atoms with Gasteiger partial charge in [-0.2, -0.15) is 0 Å². The van der Waals surface area contributed by atoms with Crippen molar-refractivity contribution >= 4 is 17.9 Å². The van der Waals surface area contributed by atoms with Gasteiger partial charge in [-0.25, -0.2) is 4.79 Å². The molecule has 1 aromatic rings. The molecule has 0 aromatic heterocycles. The predicted octanol–water partition coefficient (Wildman–Crippen LogP) is 2.35. The smallest absolute Gasteiger partial charge is 0.321 e. The first kappa shape index (κ1) is 23.3. The first-order valence-electron chi connectivity index (χ1n) is 9.97. The third-order valence-electron chi connectivity index (χ3n) is 4.93. The number of amides is 3. The topological polar surface area (TPSA) is 112 Å². The van der Waals surface area contributed by atoms with Crippen LogP contribution in [0, 0.1) is 0 Å². The number of nitrogens with one attached hydrogen (secondary N) is 2. The largest absolute Gasteiger partial charge is 0.493 e. The second-order valence-corrected chi connectivity index (χ2v) is 7.14. The summed E-state index contributed by atoms with van der Waals surface area (Å²) < 4.78 is 20.9. The van der Waals surface area contributed by atoms with Crippen molar-refractivity contribution in [3.63, 3.8) is 0 Å². The molecule has 1 saturated carbocycles. The summed E-state index contributed by atoms with van der Waals surface area (Å²) in [6, 6.07) is 2.76. The van der Waals surface area contributed by atoms with Gasteiger partial charge in [-0.05, 0) is 37.5 Å². The molecule has 0 spiro atoms. The molecule has 1 aromatic carbocycles. The van der Waals surface area contributed by atoms with Crippen molar-refractivity contribution in [3.05, 3.63) is 17.7 Å². The Morgan fingerprint density at radius 3 is 2.13 bits per heavy atom. The number of rotatable bonds is 8. The normalized spacial score (nSPS) is 14.9. The summed E-state index contributed by atoms with van der Waals surface area (Å²) in [6.45, 7) is 1.41. The summed E-state index contributed by atoms with van der Waals surface area (Å²) in [5.41, 5.74) is 0.567. The molecule has 9 heteroatoms. The summed E-state index contributed by atoms with van der Waals surface area (Å²) in [6.07, 6.45) is 3.88. The van der Waals surface area contributed by atoms with E-state index in [-0.39, 0.29) is 12.5 Å². The highest BCUT2D eigenvalue weighted by Gasteiger charge is 2.23. The second kappa shape index (κ2) is 11.3. The van der Waals surface area contributed by atoms with Crippen LogP contribution in [0.1, 0.15) is 44.6 Å². The van der Waals surface area contributed by atoms with E-state index in [1.165, 1.54) is 28.3 Å². The van der Waals surface area contributed by atoms with Crippen LogP contribution in [0.5, 0.6) is 17.2 Å². The molecule has 0 bridgehead atoms. The number of hydrogen-bond acceptors (Lipinski definition) is 7. The van der Waals surface area contributed by atoms with E-state index in [0.717, 1.165) is 32.1 Å². The van der Waals surface area contributed by atoms with Crippen LogP contribution in [0.3, 0.4) is 0 Å². The number of imide groups is 1. The molecule has 0 aliphatic heterocycles. The summed E-state index contributed by atoms with van der Waals surface area (Å²) in [5, 5.41) is 5.01. The Bertz CT molecular complexity index is 735. The zero-order valence-corrected chi connectivity index (χ0v) is 17.9. The lowest BCUT2D eigenvalue weighted by atomic mass is 9.96. The molecule has 30 heavy (non-hydrogen) atoms. The van der Waals surface area contributed by atoms with Crippen LogP contribution < -0.4 is 24.8 Å². The highest BCUT2D eigenvalue weighted by atomic mass is 16.5. The van der Waals surface area contributed by atoms with Crippen LogP contribution in [-0.4, -0.2) is 51.4 Å². The van der Waals surface area contributed by atoms with Crippen LogP contribution in [0.15, 0.2) is 12.1 Å². The molecule has 2 rings (SSSR count). The summed E-state index contributed by atoms with van der Waals surface area (Å²) in [7, 11) is 4.44. The number of benzene rings is 1. The van der Waals surface area contributed by atoms with Crippen molar-refractivity contribution < 1.29 is 33.3 Å². The second-order valence-electron chi connectivity index (χ2n) is 7.14. The molecule has 1 atom stereocenters. The fourth-order valence-corrected chi connectivity index (χ4v) is 3.38. The van der Waals surface area contributed by atoms with E-state index < -0.39 is 24.0 Å². The van der Waals surface area contributed by atoms with Gasteiger partial charge >= 0.3 is 12.0 Å². The number of urea groups is 1. The Balaban J connectivity index is 1.89. The molecule has 0 radical (unpaired) electrons. The Labute approximate surface area is 176 Å². The number of hydrogen-bond donors (Lipinski definition) is 2. The van der Waals surface area contributed by atoms with Crippen molar-refractivity contribution in [2.24, 2.45) is 0 Å². The summed E-state index contributed by atoms with van der Waals surface area (Å²) >= 11 is 0. The van der Waals surface area contributed by atoms with Crippen LogP contribution in [0.4, 0.5) is 4.79 Å². The van der Waals surface area contributed by atoms with E-state index >= 15 is 0 Å². The standard InChI is InChI=1S/C21H30N2O7/c1-13(20(25)23-21(26)22-15-8-6-5-7-9-15)30-18(24)12-14-10-16(27-2)19(29-4)17(11-14)28-3/h10-11,13,15H,5-9,12H2,1-4H3,(H2,22,23,25,26)/t13-/m1/s1.